The predicted octanol–water partition coefficient (Wildman–Crippen LogP) is 2.80. The quantitative estimate of drug-likeness (QED) is 0.560. The molecule has 0 unspecified atom stereocenters. The van der Waals surface area contributed by atoms with Gasteiger partial charge in [-0.05, 0) is 25.7 Å². The zero-order valence-corrected chi connectivity index (χ0v) is 12.0. The van der Waals surface area contributed by atoms with Crippen LogP contribution in [-0.2, 0) is 14.3 Å². The molecule has 0 spiro atoms. The Morgan fingerprint density at radius 1 is 1.50 bits per heavy atom. The van der Waals surface area contributed by atoms with Gasteiger partial charge in [-0.3, -0.25) is 4.79 Å². The third kappa shape index (κ3) is 1.99. The van der Waals surface area contributed by atoms with Gasteiger partial charge in [-0.1, -0.05) is 25.5 Å². The summed E-state index contributed by atoms with van der Waals surface area (Å²) in [6, 6.07) is 0. The second-order valence-electron chi connectivity index (χ2n) is 6.04. The Morgan fingerprint density at radius 3 is 2.78 bits per heavy atom. The Bertz CT molecular complexity index is 374. The molecule has 102 valence electrons. The third-order valence-corrected chi connectivity index (χ3v) is 5.06. The molecular weight excluding hydrogens is 228 g/mol. The average molecular weight is 252 g/mol. The number of hydrogen-bond acceptors (Lipinski definition) is 3. The minimum absolute atomic E-state index is 0.0532. The van der Waals surface area contributed by atoms with Gasteiger partial charge in [0.05, 0.1) is 19.3 Å². The van der Waals surface area contributed by atoms with Crippen LogP contribution in [0.4, 0.5) is 0 Å². The molecule has 1 fully saturated rings. The van der Waals surface area contributed by atoms with E-state index in [0.717, 1.165) is 0 Å². The number of allylic oxidation sites excluding steroid dienone is 1. The van der Waals surface area contributed by atoms with Crippen molar-refractivity contribution in [2.75, 3.05) is 13.2 Å². The first-order chi connectivity index (χ1) is 8.38. The molecule has 2 rings (SSSR count). The minimum Gasteiger partial charge on any atom is -0.465 e. The van der Waals surface area contributed by atoms with E-state index in [1.165, 1.54) is 12.5 Å². The number of esters is 1. The Hall–Kier alpha value is -0.830. The van der Waals surface area contributed by atoms with Crippen molar-refractivity contribution in [2.24, 2.45) is 23.2 Å². The molecule has 0 aromatic carbocycles. The van der Waals surface area contributed by atoms with Gasteiger partial charge in [-0.15, -0.1) is 0 Å². The summed E-state index contributed by atoms with van der Waals surface area (Å²) in [5, 5.41) is 0. The van der Waals surface area contributed by atoms with Crippen molar-refractivity contribution in [3.8, 4) is 0 Å². The van der Waals surface area contributed by atoms with Crippen LogP contribution in [0.25, 0.3) is 0 Å². The lowest BCUT2D eigenvalue weighted by molar-refractivity contribution is -0.175. The molecule has 18 heavy (non-hydrogen) atoms. The lowest BCUT2D eigenvalue weighted by Gasteiger charge is -2.54. The van der Waals surface area contributed by atoms with Crippen LogP contribution in [0.2, 0.25) is 0 Å². The SMILES string of the molecule is CC(=O)OC[C@@]12CO[C@H](C)[C@H](C(C)=C[C@@H]1C)[C@H]2C. The van der Waals surface area contributed by atoms with Gasteiger partial charge in [0.2, 0.25) is 0 Å². The summed E-state index contributed by atoms with van der Waals surface area (Å²) in [5.74, 6) is 1.12. The maximum absolute atomic E-state index is 11.1. The van der Waals surface area contributed by atoms with E-state index in [1.54, 1.807) is 0 Å². The van der Waals surface area contributed by atoms with E-state index >= 15 is 0 Å². The molecule has 0 N–H and O–H groups in total. The van der Waals surface area contributed by atoms with Crippen molar-refractivity contribution in [1.29, 1.82) is 0 Å². The van der Waals surface area contributed by atoms with Crippen molar-refractivity contribution in [2.45, 2.75) is 40.7 Å². The fraction of sp³-hybridized carbons (Fsp3) is 0.800. The maximum atomic E-state index is 11.1. The Balaban J connectivity index is 2.31. The normalized spacial score (nSPS) is 43.3. The van der Waals surface area contributed by atoms with Crippen LogP contribution < -0.4 is 0 Å². The molecule has 2 bridgehead atoms. The highest BCUT2D eigenvalue weighted by molar-refractivity contribution is 5.65. The van der Waals surface area contributed by atoms with Crippen LogP contribution in [0.5, 0.6) is 0 Å². The zero-order chi connectivity index (χ0) is 13.5. The van der Waals surface area contributed by atoms with Gasteiger partial charge in [0, 0.05) is 18.3 Å². The number of carbonyl (C=O) groups excluding carboxylic acids is 1. The van der Waals surface area contributed by atoms with Crippen molar-refractivity contribution < 1.29 is 14.3 Å². The van der Waals surface area contributed by atoms with Crippen LogP contribution in [0, 0.1) is 23.2 Å². The van der Waals surface area contributed by atoms with E-state index in [4.69, 9.17) is 9.47 Å². The van der Waals surface area contributed by atoms with E-state index in [2.05, 4.69) is 33.8 Å². The second kappa shape index (κ2) is 4.69. The Kier molecular flexibility index (Phi) is 3.54. The molecule has 0 amide bonds. The Labute approximate surface area is 110 Å². The molecular formula is C15H24O3. The fourth-order valence-electron chi connectivity index (χ4n) is 3.81. The zero-order valence-electron chi connectivity index (χ0n) is 12.0. The first-order valence-corrected chi connectivity index (χ1v) is 6.82. The summed E-state index contributed by atoms with van der Waals surface area (Å²) >= 11 is 0. The minimum atomic E-state index is -0.203. The average Bonchev–Trinajstić information content (AvgIpc) is 2.26. The molecule has 3 nitrogen and oxygen atoms in total. The van der Waals surface area contributed by atoms with Gasteiger partial charge in [-0.2, -0.15) is 0 Å². The van der Waals surface area contributed by atoms with E-state index < -0.39 is 0 Å². The van der Waals surface area contributed by atoms with Crippen molar-refractivity contribution in [1.82, 2.24) is 0 Å². The molecule has 1 aliphatic carbocycles. The lowest BCUT2D eigenvalue weighted by atomic mass is 9.56. The van der Waals surface area contributed by atoms with Crippen molar-refractivity contribution >= 4 is 5.97 Å². The van der Waals surface area contributed by atoms with E-state index in [-0.39, 0.29) is 17.5 Å². The lowest BCUT2D eigenvalue weighted by Crippen LogP contribution is -2.56. The highest BCUT2D eigenvalue weighted by atomic mass is 16.5. The van der Waals surface area contributed by atoms with Gasteiger partial charge < -0.3 is 9.47 Å². The van der Waals surface area contributed by atoms with E-state index in [0.29, 0.717) is 31.0 Å². The summed E-state index contributed by atoms with van der Waals surface area (Å²) in [4.78, 5) is 11.1. The van der Waals surface area contributed by atoms with Crippen LogP contribution in [0.3, 0.4) is 0 Å². The number of hydrogen-bond donors (Lipinski definition) is 0. The predicted molar refractivity (Wildman–Crippen MR) is 70.1 cm³/mol. The number of carbonyl (C=O) groups is 1. The smallest absolute Gasteiger partial charge is 0.302 e. The standard InChI is InChI=1S/C15H24O3/c1-9-6-10(2)15(8-18-13(5)16)7-17-12(4)14(9)11(15)3/h6,10-12,14H,7-8H2,1-5H3/t10-,11+,12+,14+,15-/m0/s1. The topological polar surface area (TPSA) is 35.5 Å². The molecule has 0 aromatic heterocycles. The fourth-order valence-corrected chi connectivity index (χ4v) is 3.81. The van der Waals surface area contributed by atoms with Gasteiger partial charge in [0.1, 0.15) is 0 Å². The number of ether oxygens (including phenoxy) is 2. The van der Waals surface area contributed by atoms with Crippen molar-refractivity contribution in [3.05, 3.63) is 11.6 Å². The largest absolute Gasteiger partial charge is 0.465 e. The monoisotopic (exact) mass is 252 g/mol. The first kappa shape index (κ1) is 13.6. The van der Waals surface area contributed by atoms with Crippen LogP contribution in [0.15, 0.2) is 11.6 Å². The summed E-state index contributed by atoms with van der Waals surface area (Å²) in [5.41, 5.74) is 1.36. The van der Waals surface area contributed by atoms with Gasteiger partial charge >= 0.3 is 5.97 Å². The van der Waals surface area contributed by atoms with Crippen molar-refractivity contribution in [3.63, 3.8) is 0 Å². The Morgan fingerprint density at radius 2 is 2.17 bits per heavy atom. The van der Waals surface area contributed by atoms with Gasteiger partial charge in [0.15, 0.2) is 0 Å². The summed E-state index contributed by atoms with van der Waals surface area (Å²) in [6.45, 7) is 11.4. The number of fused-ring (bicyclic) bond motifs is 2. The first-order valence-electron chi connectivity index (χ1n) is 6.82. The molecule has 1 heterocycles. The molecule has 1 saturated heterocycles. The van der Waals surface area contributed by atoms with Crippen LogP contribution >= 0.6 is 0 Å². The van der Waals surface area contributed by atoms with E-state index in [9.17, 15) is 4.79 Å². The molecule has 3 heteroatoms. The van der Waals surface area contributed by atoms with Gasteiger partial charge in [-0.25, -0.2) is 0 Å². The molecule has 0 aromatic rings. The van der Waals surface area contributed by atoms with Crippen LogP contribution in [-0.4, -0.2) is 25.3 Å². The molecule has 0 saturated carbocycles. The molecule has 2 aliphatic rings. The summed E-state index contributed by atoms with van der Waals surface area (Å²) < 4.78 is 11.3. The highest BCUT2D eigenvalue weighted by Crippen LogP contribution is 2.52. The van der Waals surface area contributed by atoms with Gasteiger partial charge in [0.25, 0.3) is 0 Å². The number of rotatable bonds is 2. The molecule has 5 atom stereocenters. The summed E-state index contributed by atoms with van der Waals surface area (Å²) in [7, 11) is 0. The maximum Gasteiger partial charge on any atom is 0.302 e. The highest BCUT2D eigenvalue weighted by Gasteiger charge is 2.53. The molecule has 1 aliphatic heterocycles. The van der Waals surface area contributed by atoms with Crippen LogP contribution in [0.1, 0.15) is 34.6 Å². The second-order valence-corrected chi connectivity index (χ2v) is 6.04. The summed E-state index contributed by atoms with van der Waals surface area (Å²) in [6.07, 6.45) is 2.60. The molecule has 0 radical (unpaired) electrons. The third-order valence-electron chi connectivity index (χ3n) is 5.06. The van der Waals surface area contributed by atoms with E-state index in [1.807, 2.05) is 0 Å².